The van der Waals surface area contributed by atoms with Crippen molar-refractivity contribution < 1.29 is 4.79 Å². The Hall–Kier alpha value is -2.54. The van der Waals surface area contributed by atoms with Gasteiger partial charge in [-0.2, -0.15) is 4.68 Å². The fourth-order valence-electron chi connectivity index (χ4n) is 2.17. The fourth-order valence-corrected chi connectivity index (χ4v) is 2.55. The normalized spacial score (nSPS) is 12.1. The molecule has 2 aromatic carbocycles. The minimum atomic E-state index is -0.785. The topological polar surface area (TPSA) is 76.9 Å². The molecule has 0 aliphatic rings. The number of carbonyl (C=O) groups excluding carboxylic acids is 1. The molecule has 0 saturated carbocycles. The molecule has 0 aliphatic heterocycles. The van der Waals surface area contributed by atoms with Crippen LogP contribution in [0.25, 0.3) is 10.9 Å². The van der Waals surface area contributed by atoms with E-state index in [9.17, 15) is 9.59 Å². The first-order valence-electron chi connectivity index (χ1n) is 6.97. The number of nitrogens with zero attached hydrogens (tertiary/aromatic N) is 3. The molecule has 0 aliphatic carbocycles. The third-order valence-electron chi connectivity index (χ3n) is 3.47. The first-order valence-corrected chi connectivity index (χ1v) is 7.77. The van der Waals surface area contributed by atoms with E-state index in [0.29, 0.717) is 16.6 Å². The van der Waals surface area contributed by atoms with E-state index in [4.69, 9.17) is 0 Å². The molecule has 0 fully saturated rings. The van der Waals surface area contributed by atoms with E-state index in [-0.39, 0.29) is 11.5 Å². The van der Waals surface area contributed by atoms with Gasteiger partial charge in [0.05, 0.1) is 11.1 Å². The minimum Gasteiger partial charge on any atom is -0.323 e. The largest absolute Gasteiger partial charge is 0.323 e. The number of halogens is 1. The van der Waals surface area contributed by atoms with Crippen LogP contribution >= 0.6 is 15.9 Å². The lowest BCUT2D eigenvalue weighted by molar-refractivity contribution is -0.119. The van der Waals surface area contributed by atoms with Crippen molar-refractivity contribution in [1.29, 1.82) is 0 Å². The van der Waals surface area contributed by atoms with Crippen molar-refractivity contribution in [2.45, 2.75) is 13.0 Å². The molecule has 6 nitrogen and oxygen atoms in total. The maximum absolute atomic E-state index is 12.5. The Morgan fingerprint density at radius 2 is 1.87 bits per heavy atom. The van der Waals surface area contributed by atoms with Gasteiger partial charge in [-0.1, -0.05) is 29.5 Å². The van der Waals surface area contributed by atoms with Gasteiger partial charge >= 0.3 is 0 Å². The van der Waals surface area contributed by atoms with E-state index in [1.54, 1.807) is 37.3 Å². The van der Waals surface area contributed by atoms with Gasteiger partial charge in [-0.15, -0.1) is 5.10 Å². The number of para-hydroxylation sites is 1. The summed E-state index contributed by atoms with van der Waals surface area (Å²) in [5.41, 5.74) is 0.795. The number of rotatable bonds is 3. The molecule has 23 heavy (non-hydrogen) atoms. The molecular formula is C16H13BrN4O2. The molecule has 1 amide bonds. The van der Waals surface area contributed by atoms with Gasteiger partial charge in [-0.05, 0) is 47.1 Å². The summed E-state index contributed by atoms with van der Waals surface area (Å²) in [6.45, 7) is 1.61. The van der Waals surface area contributed by atoms with E-state index >= 15 is 0 Å². The summed E-state index contributed by atoms with van der Waals surface area (Å²) in [6, 6.07) is 13.4. The molecule has 0 radical (unpaired) electrons. The number of aromatic nitrogens is 3. The predicted octanol–water partition coefficient (Wildman–Crippen LogP) is 2.75. The average Bonchev–Trinajstić information content (AvgIpc) is 2.57. The highest BCUT2D eigenvalue weighted by Crippen LogP contribution is 2.22. The van der Waals surface area contributed by atoms with Crippen molar-refractivity contribution in [2.75, 3.05) is 5.32 Å². The van der Waals surface area contributed by atoms with Crippen molar-refractivity contribution in [3.8, 4) is 0 Å². The number of nitrogens with one attached hydrogen (secondary N) is 1. The molecule has 1 heterocycles. The number of anilines is 1. The molecule has 0 spiro atoms. The predicted molar refractivity (Wildman–Crippen MR) is 91.3 cm³/mol. The van der Waals surface area contributed by atoms with Crippen LogP contribution in [0, 0.1) is 0 Å². The van der Waals surface area contributed by atoms with E-state index in [1.807, 2.05) is 18.2 Å². The standard InChI is InChI=1S/C16H13BrN4O2/c1-10(15(22)18-14-9-5-3-7-12(14)17)21-16(23)11-6-2-4-8-13(11)19-20-21/h2-10H,1H3,(H,18,22). The van der Waals surface area contributed by atoms with Crippen molar-refractivity contribution in [3.63, 3.8) is 0 Å². The van der Waals surface area contributed by atoms with Gasteiger partial charge < -0.3 is 5.32 Å². The second-order valence-corrected chi connectivity index (χ2v) is 5.86. The molecule has 1 aromatic heterocycles. The Bertz CT molecular complexity index is 939. The van der Waals surface area contributed by atoms with Crippen molar-refractivity contribution in [2.24, 2.45) is 0 Å². The molecule has 116 valence electrons. The van der Waals surface area contributed by atoms with Crippen LogP contribution in [-0.2, 0) is 4.79 Å². The highest BCUT2D eigenvalue weighted by atomic mass is 79.9. The van der Waals surface area contributed by atoms with E-state index in [2.05, 4.69) is 31.6 Å². The van der Waals surface area contributed by atoms with Gasteiger partial charge in [0.25, 0.3) is 5.56 Å². The van der Waals surface area contributed by atoms with Crippen LogP contribution in [0.1, 0.15) is 13.0 Å². The highest BCUT2D eigenvalue weighted by molar-refractivity contribution is 9.10. The number of amides is 1. The summed E-state index contributed by atoms with van der Waals surface area (Å²) in [4.78, 5) is 24.9. The van der Waals surface area contributed by atoms with Crippen LogP contribution in [0.15, 0.2) is 57.8 Å². The summed E-state index contributed by atoms with van der Waals surface area (Å²) >= 11 is 3.37. The molecular weight excluding hydrogens is 360 g/mol. The zero-order valence-corrected chi connectivity index (χ0v) is 13.8. The van der Waals surface area contributed by atoms with Crippen LogP contribution in [0.3, 0.4) is 0 Å². The van der Waals surface area contributed by atoms with Crippen molar-refractivity contribution in [3.05, 3.63) is 63.4 Å². The van der Waals surface area contributed by atoms with Gasteiger partial charge in [-0.25, -0.2) is 0 Å². The van der Waals surface area contributed by atoms with Crippen LogP contribution in [-0.4, -0.2) is 20.9 Å². The summed E-state index contributed by atoms with van der Waals surface area (Å²) in [6.07, 6.45) is 0. The quantitative estimate of drug-likeness (QED) is 0.766. The number of hydrogen-bond acceptors (Lipinski definition) is 4. The summed E-state index contributed by atoms with van der Waals surface area (Å²) < 4.78 is 1.85. The monoisotopic (exact) mass is 372 g/mol. The molecule has 7 heteroatoms. The zero-order valence-electron chi connectivity index (χ0n) is 12.2. The summed E-state index contributed by atoms with van der Waals surface area (Å²) in [5, 5.41) is 11.1. The first-order chi connectivity index (χ1) is 11.1. The van der Waals surface area contributed by atoms with Crippen LogP contribution in [0.2, 0.25) is 0 Å². The third-order valence-corrected chi connectivity index (χ3v) is 4.16. The third kappa shape index (κ3) is 3.00. The lowest BCUT2D eigenvalue weighted by Gasteiger charge is -2.14. The first kappa shape index (κ1) is 15.4. The van der Waals surface area contributed by atoms with Crippen molar-refractivity contribution in [1.82, 2.24) is 15.0 Å². The van der Waals surface area contributed by atoms with Crippen LogP contribution in [0.4, 0.5) is 5.69 Å². The average molecular weight is 373 g/mol. The number of hydrogen-bond donors (Lipinski definition) is 1. The second-order valence-electron chi connectivity index (χ2n) is 5.00. The zero-order chi connectivity index (χ0) is 16.4. The second kappa shape index (κ2) is 6.29. The number of benzene rings is 2. The van der Waals surface area contributed by atoms with Gasteiger partial charge in [0, 0.05) is 4.47 Å². The van der Waals surface area contributed by atoms with Gasteiger partial charge in [0.1, 0.15) is 11.6 Å². The number of fused-ring (bicyclic) bond motifs is 1. The smallest absolute Gasteiger partial charge is 0.278 e. The van der Waals surface area contributed by atoms with Crippen LogP contribution in [0.5, 0.6) is 0 Å². The Balaban J connectivity index is 1.92. The maximum atomic E-state index is 12.5. The van der Waals surface area contributed by atoms with E-state index in [0.717, 1.165) is 9.15 Å². The molecule has 1 N–H and O–H groups in total. The van der Waals surface area contributed by atoms with Crippen LogP contribution < -0.4 is 10.9 Å². The van der Waals surface area contributed by atoms with E-state index in [1.165, 1.54) is 0 Å². The molecule has 3 rings (SSSR count). The lowest BCUT2D eigenvalue weighted by Crippen LogP contribution is -2.34. The van der Waals surface area contributed by atoms with Gasteiger partial charge in [-0.3, -0.25) is 9.59 Å². The minimum absolute atomic E-state index is 0.342. The summed E-state index contributed by atoms with van der Waals surface area (Å²) in [7, 11) is 0. The molecule has 1 atom stereocenters. The molecule has 0 bridgehead atoms. The lowest BCUT2D eigenvalue weighted by atomic mass is 10.2. The van der Waals surface area contributed by atoms with Gasteiger partial charge in [0.15, 0.2) is 0 Å². The Kier molecular flexibility index (Phi) is 4.20. The Morgan fingerprint density at radius 1 is 1.17 bits per heavy atom. The summed E-state index contributed by atoms with van der Waals surface area (Å²) in [5.74, 6) is -0.344. The molecule has 3 aromatic rings. The van der Waals surface area contributed by atoms with Crippen molar-refractivity contribution >= 4 is 38.4 Å². The number of carbonyl (C=O) groups is 1. The molecule has 0 saturated heterocycles. The molecule has 1 unspecified atom stereocenters. The Labute approximate surface area is 140 Å². The SMILES string of the molecule is CC(C(=O)Nc1ccccc1Br)n1nnc2ccccc2c1=O. The Morgan fingerprint density at radius 3 is 2.65 bits per heavy atom. The fraction of sp³-hybridized carbons (Fsp3) is 0.125. The highest BCUT2D eigenvalue weighted by Gasteiger charge is 2.19. The van der Waals surface area contributed by atoms with E-state index < -0.39 is 6.04 Å². The van der Waals surface area contributed by atoms with Gasteiger partial charge in [0.2, 0.25) is 5.91 Å². The maximum Gasteiger partial charge on any atom is 0.278 e.